The number of benzene rings is 1. The standard InChI is InChI=1S/C17H20BrN3OS/c1-20-8-10-21(11-9-20)14-4-2-13(3-5-14)19-17(22)12-15-6-7-16(18)23-15/h2-7H,8-12H2,1H3,(H,19,22). The van der Waals surface area contributed by atoms with Crippen LogP contribution >= 0.6 is 27.3 Å². The van der Waals surface area contributed by atoms with Gasteiger partial charge in [0.2, 0.25) is 5.91 Å². The quantitative estimate of drug-likeness (QED) is 0.863. The molecule has 2 heterocycles. The summed E-state index contributed by atoms with van der Waals surface area (Å²) >= 11 is 5.01. The first-order valence-electron chi connectivity index (χ1n) is 7.68. The number of thiophene rings is 1. The van der Waals surface area contributed by atoms with Gasteiger partial charge in [-0.3, -0.25) is 4.79 Å². The third-order valence-electron chi connectivity index (χ3n) is 3.98. The Kier molecular flexibility index (Phi) is 5.35. The van der Waals surface area contributed by atoms with Crippen LogP contribution < -0.4 is 10.2 Å². The lowest BCUT2D eigenvalue weighted by Crippen LogP contribution is -2.44. The van der Waals surface area contributed by atoms with Gasteiger partial charge in [-0.25, -0.2) is 0 Å². The molecule has 1 amide bonds. The van der Waals surface area contributed by atoms with Crippen LogP contribution in [0.25, 0.3) is 0 Å². The van der Waals surface area contributed by atoms with Crippen molar-refractivity contribution in [3.63, 3.8) is 0 Å². The summed E-state index contributed by atoms with van der Waals surface area (Å²) in [5, 5.41) is 2.96. The average molecular weight is 394 g/mol. The molecular weight excluding hydrogens is 374 g/mol. The second-order valence-corrected chi connectivity index (χ2v) is 8.32. The smallest absolute Gasteiger partial charge is 0.229 e. The van der Waals surface area contributed by atoms with Crippen LogP contribution in [0.1, 0.15) is 4.88 Å². The van der Waals surface area contributed by atoms with Gasteiger partial charge >= 0.3 is 0 Å². The summed E-state index contributed by atoms with van der Waals surface area (Å²) in [4.78, 5) is 17.9. The summed E-state index contributed by atoms with van der Waals surface area (Å²) in [6.07, 6.45) is 0.413. The van der Waals surface area contributed by atoms with Crippen molar-refractivity contribution in [2.75, 3.05) is 43.4 Å². The van der Waals surface area contributed by atoms with Crippen LogP contribution in [0.5, 0.6) is 0 Å². The van der Waals surface area contributed by atoms with Gasteiger partial charge in [-0.15, -0.1) is 11.3 Å². The number of carbonyl (C=O) groups is 1. The molecule has 1 aromatic carbocycles. The highest BCUT2D eigenvalue weighted by atomic mass is 79.9. The van der Waals surface area contributed by atoms with Crippen molar-refractivity contribution < 1.29 is 4.79 Å². The van der Waals surface area contributed by atoms with E-state index in [9.17, 15) is 4.79 Å². The predicted molar refractivity (Wildman–Crippen MR) is 101 cm³/mol. The molecule has 3 rings (SSSR count). The monoisotopic (exact) mass is 393 g/mol. The molecule has 6 heteroatoms. The van der Waals surface area contributed by atoms with E-state index in [0.29, 0.717) is 6.42 Å². The molecule has 0 radical (unpaired) electrons. The molecule has 1 aromatic heterocycles. The number of piperazine rings is 1. The molecule has 0 saturated carbocycles. The Morgan fingerprint density at radius 1 is 1.13 bits per heavy atom. The molecule has 0 atom stereocenters. The Morgan fingerprint density at radius 3 is 2.43 bits per heavy atom. The van der Waals surface area contributed by atoms with Crippen LogP contribution in [0.3, 0.4) is 0 Å². The summed E-state index contributed by atoms with van der Waals surface area (Å²) in [7, 11) is 2.15. The fraction of sp³-hybridized carbons (Fsp3) is 0.353. The van der Waals surface area contributed by atoms with Crippen molar-refractivity contribution >= 4 is 44.5 Å². The Balaban J connectivity index is 1.55. The van der Waals surface area contributed by atoms with Crippen molar-refractivity contribution in [3.05, 3.63) is 45.1 Å². The number of carbonyl (C=O) groups excluding carboxylic acids is 1. The Bertz CT molecular complexity index is 663. The second-order valence-electron chi connectivity index (χ2n) is 5.77. The lowest BCUT2D eigenvalue weighted by molar-refractivity contribution is -0.115. The number of halogens is 1. The van der Waals surface area contributed by atoms with E-state index < -0.39 is 0 Å². The van der Waals surface area contributed by atoms with Crippen LogP contribution in [-0.4, -0.2) is 44.0 Å². The van der Waals surface area contributed by atoms with Gasteiger partial charge in [-0.05, 0) is 59.4 Å². The van der Waals surface area contributed by atoms with E-state index in [-0.39, 0.29) is 5.91 Å². The molecule has 0 unspecified atom stereocenters. The number of amides is 1. The Morgan fingerprint density at radius 2 is 1.83 bits per heavy atom. The molecule has 0 bridgehead atoms. The maximum atomic E-state index is 12.1. The van der Waals surface area contributed by atoms with E-state index >= 15 is 0 Å². The number of rotatable bonds is 4. The molecule has 1 aliphatic heterocycles. The number of anilines is 2. The number of nitrogens with one attached hydrogen (secondary N) is 1. The summed E-state index contributed by atoms with van der Waals surface area (Å²) < 4.78 is 1.05. The fourth-order valence-electron chi connectivity index (χ4n) is 2.63. The van der Waals surface area contributed by atoms with E-state index in [4.69, 9.17) is 0 Å². The van der Waals surface area contributed by atoms with Gasteiger partial charge in [-0.1, -0.05) is 0 Å². The number of hydrogen-bond donors (Lipinski definition) is 1. The zero-order chi connectivity index (χ0) is 16.2. The van der Waals surface area contributed by atoms with Crippen LogP contribution in [0.15, 0.2) is 40.2 Å². The van der Waals surface area contributed by atoms with Gasteiger partial charge < -0.3 is 15.1 Å². The maximum absolute atomic E-state index is 12.1. The lowest BCUT2D eigenvalue weighted by Gasteiger charge is -2.34. The van der Waals surface area contributed by atoms with E-state index in [1.54, 1.807) is 11.3 Å². The normalized spacial score (nSPS) is 15.7. The summed E-state index contributed by atoms with van der Waals surface area (Å²) in [5.74, 6) is 0.0201. The number of likely N-dealkylation sites (N-methyl/N-ethyl adjacent to an activating group) is 1. The summed E-state index contributed by atoms with van der Waals surface area (Å²) in [5.41, 5.74) is 2.07. The first-order valence-corrected chi connectivity index (χ1v) is 9.29. The van der Waals surface area contributed by atoms with Gasteiger partial charge in [0.15, 0.2) is 0 Å². The molecule has 1 N–H and O–H groups in total. The molecule has 23 heavy (non-hydrogen) atoms. The van der Waals surface area contributed by atoms with Gasteiger partial charge in [0.1, 0.15) is 0 Å². The minimum absolute atomic E-state index is 0.0201. The average Bonchev–Trinajstić information content (AvgIpc) is 2.94. The topological polar surface area (TPSA) is 35.6 Å². The Labute approximate surface area is 149 Å². The van der Waals surface area contributed by atoms with Crippen molar-refractivity contribution in [2.45, 2.75) is 6.42 Å². The fourth-order valence-corrected chi connectivity index (χ4v) is 4.11. The van der Waals surface area contributed by atoms with Gasteiger partial charge in [0.25, 0.3) is 0 Å². The van der Waals surface area contributed by atoms with Crippen molar-refractivity contribution in [2.24, 2.45) is 0 Å². The van der Waals surface area contributed by atoms with Crippen LogP contribution in [-0.2, 0) is 11.2 Å². The number of hydrogen-bond acceptors (Lipinski definition) is 4. The van der Waals surface area contributed by atoms with Crippen molar-refractivity contribution in [1.82, 2.24) is 4.90 Å². The van der Waals surface area contributed by atoms with Crippen LogP contribution in [0, 0.1) is 0 Å². The predicted octanol–water partition coefficient (Wildman–Crippen LogP) is 3.44. The van der Waals surface area contributed by atoms with E-state index in [1.165, 1.54) is 5.69 Å². The molecular formula is C17H20BrN3OS. The molecule has 122 valence electrons. The van der Waals surface area contributed by atoms with E-state index in [2.05, 4.69) is 50.2 Å². The largest absolute Gasteiger partial charge is 0.369 e. The zero-order valence-electron chi connectivity index (χ0n) is 13.1. The van der Waals surface area contributed by atoms with E-state index in [1.807, 2.05) is 24.3 Å². The van der Waals surface area contributed by atoms with Gasteiger partial charge in [-0.2, -0.15) is 0 Å². The van der Waals surface area contributed by atoms with Crippen molar-refractivity contribution in [3.8, 4) is 0 Å². The third-order valence-corrected chi connectivity index (χ3v) is 5.61. The molecule has 1 fully saturated rings. The molecule has 4 nitrogen and oxygen atoms in total. The minimum Gasteiger partial charge on any atom is -0.369 e. The minimum atomic E-state index is 0.0201. The Hall–Kier alpha value is -1.37. The molecule has 0 aliphatic carbocycles. The molecule has 2 aromatic rings. The zero-order valence-corrected chi connectivity index (χ0v) is 15.5. The maximum Gasteiger partial charge on any atom is 0.229 e. The molecule has 1 saturated heterocycles. The molecule has 0 spiro atoms. The highest BCUT2D eigenvalue weighted by Gasteiger charge is 2.14. The van der Waals surface area contributed by atoms with Gasteiger partial charge in [0.05, 0.1) is 10.2 Å². The van der Waals surface area contributed by atoms with Crippen molar-refractivity contribution in [1.29, 1.82) is 0 Å². The van der Waals surface area contributed by atoms with E-state index in [0.717, 1.165) is 40.5 Å². The SMILES string of the molecule is CN1CCN(c2ccc(NC(=O)Cc3ccc(Br)s3)cc2)CC1. The highest BCUT2D eigenvalue weighted by molar-refractivity contribution is 9.11. The highest BCUT2D eigenvalue weighted by Crippen LogP contribution is 2.23. The third kappa shape index (κ3) is 4.56. The first-order chi connectivity index (χ1) is 11.1. The van der Waals surface area contributed by atoms with Crippen LogP contribution in [0.2, 0.25) is 0 Å². The summed E-state index contributed by atoms with van der Waals surface area (Å²) in [6.45, 7) is 4.29. The summed E-state index contributed by atoms with van der Waals surface area (Å²) in [6, 6.07) is 12.1. The second kappa shape index (κ2) is 7.47. The lowest BCUT2D eigenvalue weighted by atomic mass is 10.2. The van der Waals surface area contributed by atoms with Gasteiger partial charge in [0, 0.05) is 42.4 Å². The molecule has 1 aliphatic rings. The first kappa shape index (κ1) is 16.5. The number of nitrogens with zero attached hydrogens (tertiary/aromatic N) is 2. The van der Waals surface area contributed by atoms with Crippen LogP contribution in [0.4, 0.5) is 11.4 Å².